The molecule has 0 bridgehead atoms. The van der Waals surface area contributed by atoms with E-state index in [9.17, 15) is 13.2 Å². The maximum atomic E-state index is 12.9. The highest BCUT2D eigenvalue weighted by Gasteiger charge is 2.38. The van der Waals surface area contributed by atoms with Gasteiger partial charge >= 0.3 is 6.01 Å². The van der Waals surface area contributed by atoms with E-state index >= 15 is 0 Å². The van der Waals surface area contributed by atoms with Crippen molar-refractivity contribution in [3.8, 4) is 0 Å². The third kappa shape index (κ3) is 4.93. The van der Waals surface area contributed by atoms with E-state index in [0.29, 0.717) is 29.0 Å². The predicted octanol–water partition coefficient (Wildman–Crippen LogP) is 3.59. The first-order valence-corrected chi connectivity index (χ1v) is 12.4. The van der Waals surface area contributed by atoms with Gasteiger partial charge in [-0.25, -0.2) is 13.1 Å². The van der Waals surface area contributed by atoms with Crippen LogP contribution >= 0.6 is 0 Å². The van der Waals surface area contributed by atoms with Crippen LogP contribution < -0.4 is 15.4 Å². The molecule has 2 atom stereocenters. The minimum atomic E-state index is -3.83. The van der Waals surface area contributed by atoms with Gasteiger partial charge in [-0.05, 0) is 62.9 Å². The van der Waals surface area contributed by atoms with Crippen LogP contribution in [0.3, 0.4) is 0 Å². The Morgan fingerprint density at radius 3 is 2.45 bits per heavy atom. The van der Waals surface area contributed by atoms with E-state index in [1.165, 1.54) is 44.2 Å². The first-order valence-electron chi connectivity index (χ1n) is 10.9. The average Bonchev–Trinajstić information content (AvgIpc) is 3.35. The molecule has 0 radical (unpaired) electrons. The van der Waals surface area contributed by atoms with Crippen molar-refractivity contribution >= 4 is 27.6 Å². The number of anilines is 2. The summed E-state index contributed by atoms with van der Waals surface area (Å²) in [6.45, 7) is 4.32. The Labute approximate surface area is 183 Å². The fraction of sp³-hybridized carbons (Fsp3) is 0.545. The molecule has 1 amide bonds. The van der Waals surface area contributed by atoms with Gasteiger partial charge in [0, 0.05) is 5.69 Å². The topological polar surface area (TPSA) is 113 Å². The Hall–Kier alpha value is -2.39. The van der Waals surface area contributed by atoms with E-state index in [-0.39, 0.29) is 22.9 Å². The van der Waals surface area contributed by atoms with Crippen LogP contribution in [0.25, 0.3) is 0 Å². The summed E-state index contributed by atoms with van der Waals surface area (Å²) in [5.74, 6) is 1.49. The summed E-state index contributed by atoms with van der Waals surface area (Å²) in [6, 6.07) is 5.87. The Morgan fingerprint density at radius 1 is 1.10 bits per heavy atom. The summed E-state index contributed by atoms with van der Waals surface area (Å²) in [6.07, 6.45) is 7.26. The van der Waals surface area contributed by atoms with Gasteiger partial charge in [-0.2, -0.15) is 4.98 Å². The molecule has 1 unspecified atom stereocenters. The van der Waals surface area contributed by atoms with Crippen molar-refractivity contribution in [1.82, 2.24) is 10.3 Å². The number of nitrogens with zero attached hydrogens (tertiary/aromatic N) is 1. The highest BCUT2D eigenvalue weighted by molar-refractivity contribution is 7.92. The monoisotopic (exact) mass is 446 g/mol. The smallest absolute Gasteiger partial charge is 0.309 e. The first kappa shape index (κ1) is 21.8. The highest BCUT2D eigenvalue weighted by atomic mass is 32.2. The molecular weight excluding hydrogens is 416 g/mol. The van der Waals surface area contributed by atoms with E-state index in [2.05, 4.69) is 20.3 Å². The van der Waals surface area contributed by atoms with Gasteiger partial charge in [0.2, 0.25) is 5.91 Å². The van der Waals surface area contributed by atoms with E-state index in [4.69, 9.17) is 4.42 Å². The summed E-state index contributed by atoms with van der Waals surface area (Å²) in [7, 11) is -3.83. The molecule has 2 heterocycles. The minimum Gasteiger partial charge on any atom is -0.428 e. The van der Waals surface area contributed by atoms with Crippen LogP contribution in [0.2, 0.25) is 0 Å². The first-order chi connectivity index (χ1) is 14.8. The number of nitrogens with one attached hydrogen (secondary N) is 3. The van der Waals surface area contributed by atoms with Crippen molar-refractivity contribution in [2.45, 2.75) is 63.3 Å². The molecule has 1 aliphatic heterocycles. The SMILES string of the molecule is Cc1nc(NS(=O)(=O)c2ccc(NC(=O)[C@H]3NCCC3C3CCCCC3)cc2)oc1C. The Bertz CT molecular complexity index is 1010. The lowest BCUT2D eigenvalue weighted by Crippen LogP contribution is -2.42. The Kier molecular flexibility index (Phi) is 6.34. The Balaban J connectivity index is 1.40. The van der Waals surface area contributed by atoms with Gasteiger partial charge in [-0.15, -0.1) is 0 Å². The van der Waals surface area contributed by atoms with Crippen molar-refractivity contribution < 1.29 is 17.6 Å². The number of carbonyl (C=O) groups excluding carboxylic acids is 1. The van der Waals surface area contributed by atoms with Crippen LogP contribution in [-0.2, 0) is 14.8 Å². The van der Waals surface area contributed by atoms with Crippen molar-refractivity contribution in [2.75, 3.05) is 16.6 Å². The van der Waals surface area contributed by atoms with Gasteiger partial charge < -0.3 is 15.1 Å². The number of benzene rings is 1. The van der Waals surface area contributed by atoms with Crippen LogP contribution in [0, 0.1) is 25.7 Å². The summed E-state index contributed by atoms with van der Waals surface area (Å²) in [5.41, 5.74) is 1.20. The summed E-state index contributed by atoms with van der Waals surface area (Å²) < 4.78 is 32.8. The summed E-state index contributed by atoms with van der Waals surface area (Å²) in [4.78, 5) is 17.0. The molecule has 8 nitrogen and oxygen atoms in total. The molecule has 2 aliphatic rings. The van der Waals surface area contributed by atoms with Gasteiger partial charge in [0.05, 0.1) is 16.6 Å². The summed E-state index contributed by atoms with van der Waals surface area (Å²) >= 11 is 0. The van der Waals surface area contributed by atoms with Crippen LogP contribution in [-0.4, -0.2) is 31.9 Å². The molecule has 1 saturated heterocycles. The highest BCUT2D eigenvalue weighted by Crippen LogP contribution is 2.36. The van der Waals surface area contributed by atoms with Crippen molar-refractivity contribution in [2.24, 2.45) is 11.8 Å². The zero-order chi connectivity index (χ0) is 22.0. The van der Waals surface area contributed by atoms with Gasteiger partial charge in [0.15, 0.2) is 0 Å². The van der Waals surface area contributed by atoms with E-state index in [1.807, 2.05) is 0 Å². The van der Waals surface area contributed by atoms with Crippen LogP contribution in [0.1, 0.15) is 50.0 Å². The maximum absolute atomic E-state index is 12.9. The van der Waals surface area contributed by atoms with Crippen LogP contribution in [0.15, 0.2) is 33.6 Å². The number of hydrogen-bond donors (Lipinski definition) is 3. The molecule has 168 valence electrons. The molecule has 2 fully saturated rings. The average molecular weight is 447 g/mol. The number of oxazole rings is 1. The lowest BCUT2D eigenvalue weighted by Gasteiger charge is -2.30. The van der Waals surface area contributed by atoms with Crippen LogP contribution in [0.4, 0.5) is 11.7 Å². The van der Waals surface area contributed by atoms with Gasteiger partial charge in [-0.3, -0.25) is 4.79 Å². The maximum Gasteiger partial charge on any atom is 0.309 e. The second-order valence-corrected chi connectivity index (χ2v) is 10.2. The molecule has 3 N–H and O–H groups in total. The number of rotatable bonds is 6. The quantitative estimate of drug-likeness (QED) is 0.625. The minimum absolute atomic E-state index is 0.0486. The second kappa shape index (κ2) is 9.00. The number of hydrogen-bond acceptors (Lipinski definition) is 6. The largest absolute Gasteiger partial charge is 0.428 e. The normalized spacial score (nSPS) is 22.4. The van der Waals surface area contributed by atoms with Crippen LogP contribution in [0.5, 0.6) is 0 Å². The van der Waals surface area contributed by atoms with Gasteiger partial charge in [0.1, 0.15) is 5.76 Å². The predicted molar refractivity (Wildman–Crippen MR) is 118 cm³/mol. The van der Waals surface area contributed by atoms with Gasteiger partial charge in [-0.1, -0.05) is 32.1 Å². The van der Waals surface area contributed by atoms with Crippen molar-refractivity contribution in [1.29, 1.82) is 0 Å². The van der Waals surface area contributed by atoms with Gasteiger partial charge in [0.25, 0.3) is 10.0 Å². The zero-order valence-corrected chi connectivity index (χ0v) is 18.8. The molecular formula is C22H30N4O4S. The second-order valence-electron chi connectivity index (χ2n) is 8.56. The van der Waals surface area contributed by atoms with E-state index in [0.717, 1.165) is 13.0 Å². The molecule has 0 spiro atoms. The Morgan fingerprint density at radius 2 is 1.81 bits per heavy atom. The molecule has 1 aliphatic carbocycles. The van der Waals surface area contributed by atoms with Crippen molar-refractivity contribution in [3.63, 3.8) is 0 Å². The molecule has 31 heavy (non-hydrogen) atoms. The molecule has 4 rings (SSSR count). The fourth-order valence-electron chi connectivity index (χ4n) is 4.71. The zero-order valence-electron chi connectivity index (χ0n) is 18.0. The van der Waals surface area contributed by atoms with E-state index < -0.39 is 10.0 Å². The lowest BCUT2D eigenvalue weighted by molar-refractivity contribution is -0.119. The molecule has 2 aromatic rings. The molecule has 1 aromatic carbocycles. The number of sulfonamides is 1. The molecule has 1 aromatic heterocycles. The third-order valence-corrected chi connectivity index (χ3v) is 7.83. The fourth-order valence-corrected chi connectivity index (χ4v) is 5.64. The number of carbonyl (C=O) groups is 1. The lowest BCUT2D eigenvalue weighted by atomic mass is 9.76. The number of amides is 1. The standard InChI is InChI=1S/C22H30N4O4S/c1-14-15(2)30-22(24-14)26-31(28,29)18-10-8-17(9-11-18)25-21(27)20-19(12-13-23-20)16-6-4-3-5-7-16/h8-11,16,19-20,23H,3-7,12-13H2,1-2H3,(H,24,26)(H,25,27)/t19?,20-/m0/s1. The summed E-state index contributed by atoms with van der Waals surface area (Å²) in [5, 5.41) is 6.30. The molecule has 9 heteroatoms. The third-order valence-electron chi connectivity index (χ3n) is 6.49. The number of aryl methyl sites for hydroxylation is 2. The number of aromatic nitrogens is 1. The molecule has 1 saturated carbocycles. The van der Waals surface area contributed by atoms with E-state index in [1.54, 1.807) is 26.0 Å². The van der Waals surface area contributed by atoms with Crippen molar-refractivity contribution in [3.05, 3.63) is 35.7 Å².